The maximum Gasteiger partial charge on any atom is 0.0923 e. The van der Waals surface area contributed by atoms with Crippen molar-refractivity contribution < 1.29 is 9.84 Å². The Labute approximate surface area is 61.2 Å². The van der Waals surface area contributed by atoms with E-state index in [0.29, 0.717) is 6.54 Å². The molecule has 0 saturated carbocycles. The second-order valence-electron chi connectivity index (χ2n) is 2.71. The van der Waals surface area contributed by atoms with Crippen molar-refractivity contribution >= 4 is 0 Å². The number of aliphatic hydroxyl groups is 1. The summed E-state index contributed by atoms with van der Waals surface area (Å²) in [7, 11) is 0. The Morgan fingerprint density at radius 3 is 2.90 bits per heavy atom. The summed E-state index contributed by atoms with van der Waals surface area (Å²) in [6.45, 7) is 1.09. The molecule has 0 radical (unpaired) electrons. The van der Waals surface area contributed by atoms with Gasteiger partial charge in [-0.05, 0) is 19.3 Å². The molecule has 2 atom stereocenters. The number of nitrogens with two attached hydrogens (primary N) is 1. The minimum absolute atomic E-state index is 0.00116. The van der Waals surface area contributed by atoms with Crippen molar-refractivity contribution in [3.05, 3.63) is 0 Å². The molecule has 1 aliphatic rings. The Bertz CT molecular complexity index is 91.6. The van der Waals surface area contributed by atoms with Gasteiger partial charge in [0.25, 0.3) is 0 Å². The van der Waals surface area contributed by atoms with Crippen molar-refractivity contribution in [2.24, 2.45) is 5.73 Å². The molecule has 1 saturated heterocycles. The summed E-state index contributed by atoms with van der Waals surface area (Å²) in [5.41, 5.74) is 5.27. The van der Waals surface area contributed by atoms with E-state index < -0.39 is 6.10 Å². The second-order valence-corrected chi connectivity index (χ2v) is 2.71. The van der Waals surface area contributed by atoms with Gasteiger partial charge in [0, 0.05) is 13.2 Å². The van der Waals surface area contributed by atoms with E-state index in [4.69, 9.17) is 10.5 Å². The first-order valence-electron chi connectivity index (χ1n) is 3.84. The number of ether oxygens (including phenoxy) is 1. The molecule has 1 unspecified atom stereocenters. The molecule has 0 amide bonds. The first-order valence-corrected chi connectivity index (χ1v) is 3.84. The lowest BCUT2D eigenvalue weighted by atomic mass is 10.0. The molecule has 1 aliphatic heterocycles. The fourth-order valence-electron chi connectivity index (χ4n) is 1.22. The molecular formula is C7H15NO2. The smallest absolute Gasteiger partial charge is 0.0923 e. The third-order valence-electron chi connectivity index (χ3n) is 1.89. The molecule has 3 nitrogen and oxygen atoms in total. The summed E-state index contributed by atoms with van der Waals surface area (Å²) in [4.78, 5) is 0. The van der Waals surface area contributed by atoms with Crippen molar-refractivity contribution in [2.75, 3.05) is 13.2 Å². The van der Waals surface area contributed by atoms with Crippen LogP contribution in [0.15, 0.2) is 0 Å². The second kappa shape index (κ2) is 3.91. The highest BCUT2D eigenvalue weighted by Crippen LogP contribution is 2.14. The zero-order chi connectivity index (χ0) is 7.40. The van der Waals surface area contributed by atoms with Crippen molar-refractivity contribution in [3.8, 4) is 0 Å². The van der Waals surface area contributed by atoms with Gasteiger partial charge in [-0.2, -0.15) is 0 Å². The van der Waals surface area contributed by atoms with Crippen LogP contribution in [0.4, 0.5) is 0 Å². The van der Waals surface area contributed by atoms with Gasteiger partial charge in [-0.25, -0.2) is 0 Å². The van der Waals surface area contributed by atoms with Crippen molar-refractivity contribution in [1.82, 2.24) is 0 Å². The van der Waals surface area contributed by atoms with Gasteiger partial charge in [-0.3, -0.25) is 0 Å². The van der Waals surface area contributed by atoms with E-state index in [1.54, 1.807) is 0 Å². The van der Waals surface area contributed by atoms with Crippen LogP contribution in [0.5, 0.6) is 0 Å². The number of hydrogen-bond donors (Lipinski definition) is 2. The molecular weight excluding hydrogens is 130 g/mol. The van der Waals surface area contributed by atoms with E-state index in [2.05, 4.69) is 0 Å². The highest BCUT2D eigenvalue weighted by Gasteiger charge is 2.20. The number of aliphatic hydroxyl groups excluding tert-OH is 1. The van der Waals surface area contributed by atoms with E-state index in [9.17, 15) is 5.11 Å². The molecule has 3 N–H and O–H groups in total. The Hall–Kier alpha value is -0.120. The van der Waals surface area contributed by atoms with Crippen LogP contribution in [0.25, 0.3) is 0 Å². The van der Waals surface area contributed by atoms with Crippen molar-refractivity contribution in [3.63, 3.8) is 0 Å². The lowest BCUT2D eigenvalue weighted by Crippen LogP contribution is -2.37. The molecule has 60 valence electrons. The Morgan fingerprint density at radius 2 is 2.40 bits per heavy atom. The van der Waals surface area contributed by atoms with Crippen LogP contribution in [0.2, 0.25) is 0 Å². The third kappa shape index (κ3) is 1.94. The highest BCUT2D eigenvalue weighted by molar-refractivity contribution is 4.72. The van der Waals surface area contributed by atoms with Gasteiger partial charge in [0.15, 0.2) is 0 Å². The van der Waals surface area contributed by atoms with Gasteiger partial charge in [-0.1, -0.05) is 0 Å². The third-order valence-corrected chi connectivity index (χ3v) is 1.89. The maximum atomic E-state index is 9.23. The van der Waals surface area contributed by atoms with Crippen LogP contribution in [0, 0.1) is 0 Å². The van der Waals surface area contributed by atoms with E-state index in [-0.39, 0.29) is 6.10 Å². The molecule has 10 heavy (non-hydrogen) atoms. The molecule has 0 aromatic carbocycles. The molecule has 1 fully saturated rings. The van der Waals surface area contributed by atoms with Gasteiger partial charge in [-0.15, -0.1) is 0 Å². The Morgan fingerprint density at radius 1 is 1.60 bits per heavy atom. The zero-order valence-corrected chi connectivity index (χ0v) is 6.12. The molecule has 1 heterocycles. The molecule has 1 rings (SSSR count). The summed E-state index contributed by atoms with van der Waals surface area (Å²) in [6, 6.07) is 0. The summed E-state index contributed by atoms with van der Waals surface area (Å²) in [5, 5.41) is 9.23. The predicted octanol–water partition coefficient (Wildman–Crippen LogP) is -0.125. The van der Waals surface area contributed by atoms with Crippen LogP contribution in [-0.4, -0.2) is 30.5 Å². The first-order chi connectivity index (χ1) is 4.84. The maximum absolute atomic E-state index is 9.23. The van der Waals surface area contributed by atoms with Crippen molar-refractivity contribution in [1.29, 1.82) is 0 Å². The zero-order valence-electron chi connectivity index (χ0n) is 6.12. The molecule has 0 aromatic rings. The molecule has 0 aliphatic carbocycles. The summed E-state index contributed by atoms with van der Waals surface area (Å²) in [6.07, 6.45) is 2.77. The summed E-state index contributed by atoms with van der Waals surface area (Å²) in [5.74, 6) is 0. The molecule has 0 spiro atoms. The lowest BCUT2D eigenvalue weighted by molar-refractivity contribution is -0.0578. The van der Waals surface area contributed by atoms with Crippen LogP contribution < -0.4 is 5.73 Å². The minimum Gasteiger partial charge on any atom is -0.389 e. The van der Waals surface area contributed by atoms with E-state index in [1.807, 2.05) is 0 Å². The monoisotopic (exact) mass is 145 g/mol. The topological polar surface area (TPSA) is 55.5 Å². The molecule has 3 heteroatoms. The van der Waals surface area contributed by atoms with Gasteiger partial charge in [0.2, 0.25) is 0 Å². The number of rotatable bonds is 2. The van der Waals surface area contributed by atoms with E-state index in [1.165, 1.54) is 0 Å². The minimum atomic E-state index is -0.458. The predicted molar refractivity (Wildman–Crippen MR) is 38.7 cm³/mol. The normalized spacial score (nSPS) is 30.0. The Kier molecular flexibility index (Phi) is 3.12. The lowest BCUT2D eigenvalue weighted by Gasteiger charge is -2.25. The van der Waals surface area contributed by atoms with E-state index in [0.717, 1.165) is 25.9 Å². The van der Waals surface area contributed by atoms with Crippen LogP contribution in [0.1, 0.15) is 19.3 Å². The SMILES string of the molecule is NC[C@@H](O)C1CCCCO1. The van der Waals surface area contributed by atoms with Gasteiger partial charge in [0.1, 0.15) is 0 Å². The fraction of sp³-hybridized carbons (Fsp3) is 1.00. The van der Waals surface area contributed by atoms with Crippen molar-refractivity contribution in [2.45, 2.75) is 31.5 Å². The van der Waals surface area contributed by atoms with Gasteiger partial charge in [0.05, 0.1) is 12.2 Å². The van der Waals surface area contributed by atoms with Crippen LogP contribution >= 0.6 is 0 Å². The fourth-order valence-corrected chi connectivity index (χ4v) is 1.22. The molecule has 0 aromatic heterocycles. The average molecular weight is 145 g/mol. The largest absolute Gasteiger partial charge is 0.389 e. The number of hydrogen-bond acceptors (Lipinski definition) is 3. The molecule has 0 bridgehead atoms. The summed E-state index contributed by atoms with van der Waals surface area (Å²) >= 11 is 0. The van der Waals surface area contributed by atoms with Crippen LogP contribution in [0.3, 0.4) is 0 Å². The standard InChI is InChI=1S/C7H15NO2/c8-5-6(9)7-3-1-2-4-10-7/h6-7,9H,1-5,8H2/t6-,7?/m1/s1. The van der Waals surface area contributed by atoms with E-state index >= 15 is 0 Å². The van der Waals surface area contributed by atoms with Gasteiger partial charge < -0.3 is 15.6 Å². The van der Waals surface area contributed by atoms with Crippen LogP contribution in [-0.2, 0) is 4.74 Å². The summed E-state index contributed by atoms with van der Waals surface area (Å²) < 4.78 is 5.30. The Balaban J connectivity index is 2.24. The first kappa shape index (κ1) is 7.98. The quantitative estimate of drug-likeness (QED) is 0.569. The highest BCUT2D eigenvalue weighted by atomic mass is 16.5. The average Bonchev–Trinajstić information content (AvgIpc) is 2.05. The van der Waals surface area contributed by atoms with Gasteiger partial charge >= 0.3 is 0 Å².